The molecule has 0 bridgehead atoms. The second-order valence-electron chi connectivity index (χ2n) is 7.16. The number of hydrogen-bond acceptors (Lipinski definition) is 3. The Morgan fingerprint density at radius 1 is 0.871 bits per heavy atom. The van der Waals surface area contributed by atoms with Crippen LogP contribution in [0.5, 0.6) is 0 Å². The second kappa shape index (κ2) is 8.36. The number of nitrogens with one attached hydrogen (secondary N) is 1. The van der Waals surface area contributed by atoms with Crippen LogP contribution in [0.3, 0.4) is 0 Å². The first-order valence-electron chi connectivity index (χ1n) is 9.77. The van der Waals surface area contributed by atoms with Crippen molar-refractivity contribution in [1.29, 1.82) is 0 Å². The van der Waals surface area contributed by atoms with E-state index in [1.807, 2.05) is 18.2 Å². The maximum absolute atomic E-state index is 13.2. The van der Waals surface area contributed by atoms with Gasteiger partial charge in [-0.3, -0.25) is 9.59 Å². The van der Waals surface area contributed by atoms with E-state index in [0.717, 1.165) is 0 Å². The van der Waals surface area contributed by atoms with E-state index in [1.165, 1.54) is 12.1 Å². The molecule has 0 atom stereocenters. The van der Waals surface area contributed by atoms with E-state index < -0.39 is 0 Å². The van der Waals surface area contributed by atoms with Crippen LogP contribution in [-0.4, -0.2) is 21.5 Å². The smallest absolute Gasteiger partial charge is 0.259 e. The van der Waals surface area contributed by atoms with Gasteiger partial charge in [0.05, 0.1) is 22.6 Å². The van der Waals surface area contributed by atoms with Crippen molar-refractivity contribution in [2.45, 2.75) is 13.8 Å². The fourth-order valence-electron chi connectivity index (χ4n) is 3.49. The number of aryl methyl sites for hydroxylation is 1. The van der Waals surface area contributed by atoms with Gasteiger partial charge in [-0.1, -0.05) is 42.5 Å². The van der Waals surface area contributed by atoms with E-state index in [1.54, 1.807) is 67.1 Å². The van der Waals surface area contributed by atoms with Gasteiger partial charge in [-0.15, -0.1) is 0 Å². The third kappa shape index (κ3) is 4.14. The lowest BCUT2D eigenvalue weighted by Gasteiger charge is -2.08. The quantitative estimate of drug-likeness (QED) is 0.463. The molecule has 0 fully saturated rings. The van der Waals surface area contributed by atoms with Crippen molar-refractivity contribution >= 4 is 17.4 Å². The van der Waals surface area contributed by atoms with Crippen LogP contribution >= 0.6 is 0 Å². The van der Waals surface area contributed by atoms with Gasteiger partial charge in [-0.05, 0) is 50.2 Å². The normalized spacial score (nSPS) is 10.7. The Morgan fingerprint density at radius 2 is 1.55 bits per heavy atom. The summed E-state index contributed by atoms with van der Waals surface area (Å²) in [6, 6.07) is 21.7. The van der Waals surface area contributed by atoms with Crippen molar-refractivity contribution in [2.24, 2.45) is 0 Å². The molecule has 0 radical (unpaired) electrons. The summed E-state index contributed by atoms with van der Waals surface area (Å²) in [5.41, 5.74) is 3.87. The summed E-state index contributed by atoms with van der Waals surface area (Å²) in [5, 5.41) is 7.29. The second-order valence-corrected chi connectivity index (χ2v) is 7.16. The fraction of sp³-hybridized carbons (Fsp3) is 0.0800. The first-order valence-corrected chi connectivity index (χ1v) is 9.77. The van der Waals surface area contributed by atoms with Gasteiger partial charge in [0.25, 0.3) is 5.91 Å². The first kappa shape index (κ1) is 20.2. The summed E-state index contributed by atoms with van der Waals surface area (Å²) in [6.45, 7) is 3.53. The van der Waals surface area contributed by atoms with Crippen molar-refractivity contribution in [3.63, 3.8) is 0 Å². The van der Waals surface area contributed by atoms with Crippen molar-refractivity contribution in [1.82, 2.24) is 9.78 Å². The van der Waals surface area contributed by atoms with Gasteiger partial charge in [0.15, 0.2) is 5.78 Å². The topological polar surface area (TPSA) is 64.0 Å². The third-order valence-electron chi connectivity index (χ3n) is 5.01. The molecule has 1 amide bonds. The summed E-state index contributed by atoms with van der Waals surface area (Å²) in [4.78, 5) is 25.7. The molecule has 154 valence electrons. The van der Waals surface area contributed by atoms with Crippen LogP contribution in [0.15, 0.2) is 78.9 Å². The number of carbonyl (C=O) groups is 2. The number of nitrogens with zero attached hydrogens (tertiary/aromatic N) is 2. The van der Waals surface area contributed by atoms with E-state index in [9.17, 15) is 14.0 Å². The van der Waals surface area contributed by atoms with Gasteiger partial charge >= 0.3 is 0 Å². The molecule has 0 saturated heterocycles. The molecular weight excluding hydrogens is 393 g/mol. The number of hydrogen-bond donors (Lipinski definition) is 1. The van der Waals surface area contributed by atoms with Gasteiger partial charge in [-0.2, -0.15) is 5.10 Å². The van der Waals surface area contributed by atoms with Gasteiger partial charge in [-0.25, -0.2) is 9.07 Å². The van der Waals surface area contributed by atoms with Gasteiger partial charge < -0.3 is 5.32 Å². The average Bonchev–Trinajstić information content (AvgIpc) is 3.08. The largest absolute Gasteiger partial charge is 0.322 e. The molecule has 1 N–H and O–H groups in total. The molecule has 0 unspecified atom stereocenters. The number of halogens is 1. The first-order chi connectivity index (χ1) is 14.9. The number of anilines is 1. The van der Waals surface area contributed by atoms with Crippen molar-refractivity contribution < 1.29 is 14.0 Å². The Morgan fingerprint density at radius 3 is 2.26 bits per heavy atom. The van der Waals surface area contributed by atoms with E-state index in [-0.39, 0.29) is 17.5 Å². The van der Waals surface area contributed by atoms with E-state index in [4.69, 9.17) is 0 Å². The minimum absolute atomic E-state index is 0.117. The predicted molar refractivity (Wildman–Crippen MR) is 117 cm³/mol. The molecule has 1 aromatic heterocycles. The maximum Gasteiger partial charge on any atom is 0.259 e. The molecular formula is C25H20FN3O2. The van der Waals surface area contributed by atoms with Crippen LogP contribution in [0.25, 0.3) is 5.69 Å². The molecule has 6 heteroatoms. The summed E-state index contributed by atoms with van der Waals surface area (Å²) in [7, 11) is 0. The molecule has 0 aliphatic carbocycles. The summed E-state index contributed by atoms with van der Waals surface area (Å²) < 4.78 is 14.8. The van der Waals surface area contributed by atoms with Crippen LogP contribution in [0.2, 0.25) is 0 Å². The number of rotatable bonds is 5. The summed E-state index contributed by atoms with van der Waals surface area (Å²) >= 11 is 0. The zero-order valence-electron chi connectivity index (χ0n) is 17.1. The van der Waals surface area contributed by atoms with Crippen LogP contribution in [0, 0.1) is 19.7 Å². The van der Waals surface area contributed by atoms with E-state index in [2.05, 4.69) is 10.4 Å². The molecule has 0 saturated carbocycles. The molecule has 3 aromatic carbocycles. The molecule has 31 heavy (non-hydrogen) atoms. The minimum Gasteiger partial charge on any atom is -0.322 e. The molecule has 0 aliphatic rings. The lowest BCUT2D eigenvalue weighted by Crippen LogP contribution is -2.14. The van der Waals surface area contributed by atoms with Crippen LogP contribution < -0.4 is 5.32 Å². The lowest BCUT2D eigenvalue weighted by molar-refractivity contribution is 0.102. The molecule has 1 heterocycles. The number of aromatic nitrogens is 2. The predicted octanol–water partition coefficient (Wildman–Crippen LogP) is 5.11. The number of carbonyl (C=O) groups excluding carboxylic acids is 2. The average molecular weight is 413 g/mol. The monoisotopic (exact) mass is 413 g/mol. The van der Waals surface area contributed by atoms with Gasteiger partial charge in [0, 0.05) is 16.8 Å². The molecule has 4 rings (SSSR count). The number of benzene rings is 3. The highest BCUT2D eigenvalue weighted by Crippen LogP contribution is 2.21. The Labute approximate surface area is 179 Å². The Balaban J connectivity index is 1.59. The highest BCUT2D eigenvalue weighted by Gasteiger charge is 2.20. The summed E-state index contributed by atoms with van der Waals surface area (Å²) in [6.07, 6.45) is 0. The van der Waals surface area contributed by atoms with Crippen molar-refractivity contribution in [2.75, 3.05) is 5.32 Å². The molecule has 4 aromatic rings. The van der Waals surface area contributed by atoms with Crippen LogP contribution in [0.4, 0.5) is 10.1 Å². The standard InChI is InChI=1S/C25H20FN3O2/c1-16-23(17(2)29(28-16)22-13-11-20(26)12-14-22)25(31)27-21-10-6-9-19(15-21)24(30)18-7-4-3-5-8-18/h3-15H,1-2H3,(H,27,31). The van der Waals surface area contributed by atoms with E-state index in [0.29, 0.717) is 39.5 Å². The third-order valence-corrected chi connectivity index (χ3v) is 5.01. The van der Waals surface area contributed by atoms with Crippen molar-refractivity contribution in [3.8, 4) is 5.69 Å². The van der Waals surface area contributed by atoms with E-state index >= 15 is 0 Å². The Bertz CT molecular complexity index is 1260. The molecule has 0 aliphatic heterocycles. The van der Waals surface area contributed by atoms with Crippen LogP contribution in [0.1, 0.15) is 37.7 Å². The highest BCUT2D eigenvalue weighted by molar-refractivity contribution is 6.10. The zero-order chi connectivity index (χ0) is 22.0. The summed E-state index contributed by atoms with van der Waals surface area (Å²) in [5.74, 6) is -0.783. The fourth-order valence-corrected chi connectivity index (χ4v) is 3.49. The maximum atomic E-state index is 13.2. The molecule has 5 nitrogen and oxygen atoms in total. The van der Waals surface area contributed by atoms with Gasteiger partial charge in [0.2, 0.25) is 0 Å². The van der Waals surface area contributed by atoms with Crippen molar-refractivity contribution in [3.05, 3.63) is 113 Å². The lowest BCUT2D eigenvalue weighted by atomic mass is 10.0. The minimum atomic E-state index is -0.340. The Hall–Kier alpha value is -4.06. The van der Waals surface area contributed by atoms with Gasteiger partial charge in [0.1, 0.15) is 5.82 Å². The number of ketones is 1. The van der Waals surface area contributed by atoms with Crippen LogP contribution in [-0.2, 0) is 0 Å². The number of amides is 1. The Kier molecular flexibility index (Phi) is 5.45. The highest BCUT2D eigenvalue weighted by atomic mass is 19.1. The molecule has 0 spiro atoms. The SMILES string of the molecule is Cc1nn(-c2ccc(F)cc2)c(C)c1C(=O)Nc1cccc(C(=O)c2ccccc2)c1. The zero-order valence-corrected chi connectivity index (χ0v) is 17.1.